The third-order valence-corrected chi connectivity index (χ3v) is 4.80. The van der Waals surface area contributed by atoms with Gasteiger partial charge >= 0.3 is 47.5 Å². The molecule has 8 nitrogen and oxygen atoms in total. The Kier molecular flexibility index (Phi) is 23.9. The summed E-state index contributed by atoms with van der Waals surface area (Å²) in [5, 5.41) is 17.7. The molecular weight excluding hydrogens is 413 g/mol. The second-order valence-corrected chi connectivity index (χ2v) is 7.74. The Morgan fingerprint density at radius 2 is 1.32 bits per heavy atom. The van der Waals surface area contributed by atoms with E-state index >= 15 is 0 Å². The molecule has 0 saturated carbocycles. The molecular formula is C22H42NNaO7. The van der Waals surface area contributed by atoms with Crippen LogP contribution in [0.15, 0.2) is 0 Å². The van der Waals surface area contributed by atoms with Crippen LogP contribution >= 0.6 is 0 Å². The fourth-order valence-electron chi connectivity index (χ4n) is 2.89. The van der Waals surface area contributed by atoms with Crippen molar-refractivity contribution in [3.63, 3.8) is 0 Å². The molecule has 0 saturated heterocycles. The van der Waals surface area contributed by atoms with Crippen LogP contribution in [0.1, 0.15) is 96.8 Å². The summed E-state index contributed by atoms with van der Waals surface area (Å²) in [6.07, 6.45) is 11.8. The van der Waals surface area contributed by atoms with Gasteiger partial charge < -0.3 is 25.4 Å². The van der Waals surface area contributed by atoms with Gasteiger partial charge in [-0.3, -0.25) is 14.4 Å². The van der Waals surface area contributed by atoms with Crippen LogP contribution in [-0.4, -0.2) is 83.0 Å². The Labute approximate surface area is 208 Å². The number of hydrogen-bond donors (Lipinski definition) is 3. The summed E-state index contributed by atoms with van der Waals surface area (Å²) in [7, 11) is 0. The molecule has 2 atom stereocenters. The molecule has 0 rings (SSSR count). The van der Waals surface area contributed by atoms with Crippen molar-refractivity contribution in [2.24, 2.45) is 5.73 Å². The number of hydrogen-bond acceptors (Lipinski definition) is 8. The van der Waals surface area contributed by atoms with Crippen LogP contribution in [0, 0.1) is 0 Å². The molecule has 9 heteroatoms. The normalized spacial score (nSPS) is 12.5. The molecule has 0 aliphatic rings. The van der Waals surface area contributed by atoms with Gasteiger partial charge in [0.25, 0.3) is 0 Å². The molecule has 4 N–H and O–H groups in total. The maximum atomic E-state index is 11.7. The number of carbonyl (C=O) groups is 3. The summed E-state index contributed by atoms with van der Waals surface area (Å²) in [6.45, 7) is 1.32. The number of carbonyl (C=O) groups excluding carboxylic acids is 3. The molecule has 0 radical (unpaired) electrons. The number of esters is 3. The van der Waals surface area contributed by atoms with E-state index in [0.717, 1.165) is 12.8 Å². The fraction of sp³-hybridized carbons (Fsp3) is 0.864. The molecule has 0 aromatic rings. The van der Waals surface area contributed by atoms with E-state index in [2.05, 4.69) is 6.92 Å². The van der Waals surface area contributed by atoms with Crippen molar-refractivity contribution >= 4 is 47.5 Å². The van der Waals surface area contributed by atoms with Crippen molar-refractivity contribution < 1.29 is 34.1 Å². The van der Waals surface area contributed by atoms with Crippen LogP contribution in [0.3, 0.4) is 0 Å². The first kappa shape index (κ1) is 32.7. The van der Waals surface area contributed by atoms with Crippen LogP contribution in [0.5, 0.6) is 0 Å². The summed E-state index contributed by atoms with van der Waals surface area (Å²) < 4.78 is 9.43. The fourth-order valence-corrected chi connectivity index (χ4v) is 2.89. The molecule has 0 aromatic carbocycles. The third-order valence-electron chi connectivity index (χ3n) is 4.80. The van der Waals surface area contributed by atoms with E-state index in [1.165, 1.54) is 51.4 Å². The number of unbranched alkanes of at least 4 members (excludes halogenated alkanes) is 10. The minimum atomic E-state index is -1.17. The minimum absolute atomic E-state index is 0. The molecule has 0 aliphatic heterocycles. The van der Waals surface area contributed by atoms with Crippen LogP contribution in [0.2, 0.25) is 0 Å². The second-order valence-electron chi connectivity index (χ2n) is 7.74. The van der Waals surface area contributed by atoms with Gasteiger partial charge in [-0.1, -0.05) is 71.1 Å². The van der Waals surface area contributed by atoms with Gasteiger partial charge in [0.1, 0.15) is 18.8 Å². The molecule has 0 amide bonds. The molecule has 0 fully saturated rings. The Hall–Kier alpha value is -0.510. The Morgan fingerprint density at radius 1 is 0.839 bits per heavy atom. The van der Waals surface area contributed by atoms with Crippen LogP contribution in [0.25, 0.3) is 0 Å². The monoisotopic (exact) mass is 455 g/mol. The van der Waals surface area contributed by atoms with Gasteiger partial charge in [0, 0.05) is 12.8 Å². The zero-order chi connectivity index (χ0) is 22.6. The Bertz CT molecular complexity index is 477. The number of nitrogens with two attached hydrogens (primary N) is 1. The van der Waals surface area contributed by atoms with E-state index in [4.69, 9.17) is 25.4 Å². The summed E-state index contributed by atoms with van der Waals surface area (Å²) in [5.74, 6) is -2.07. The van der Waals surface area contributed by atoms with Gasteiger partial charge in [-0.15, -0.1) is 0 Å². The van der Waals surface area contributed by atoms with E-state index < -0.39 is 36.7 Å². The summed E-state index contributed by atoms with van der Waals surface area (Å²) in [5.41, 5.74) is 5.59. The number of aliphatic hydroxyl groups excluding tert-OH is 2. The molecule has 178 valence electrons. The number of ether oxygens (including phenoxy) is 2. The average molecular weight is 456 g/mol. The second kappa shape index (κ2) is 22.7. The van der Waals surface area contributed by atoms with Gasteiger partial charge in [-0.2, -0.15) is 0 Å². The van der Waals surface area contributed by atoms with Gasteiger partial charge in [-0.05, 0) is 12.8 Å². The van der Waals surface area contributed by atoms with E-state index in [0.29, 0.717) is 6.42 Å². The van der Waals surface area contributed by atoms with Crippen LogP contribution in [-0.2, 0) is 23.9 Å². The molecule has 1 unspecified atom stereocenters. The summed E-state index contributed by atoms with van der Waals surface area (Å²) in [4.78, 5) is 34.9. The van der Waals surface area contributed by atoms with Crippen LogP contribution < -0.4 is 5.73 Å². The predicted octanol–water partition coefficient (Wildman–Crippen LogP) is 2.11. The molecule has 0 bridgehead atoms. The number of aliphatic hydroxyl groups is 2. The van der Waals surface area contributed by atoms with Crippen molar-refractivity contribution in [3.8, 4) is 0 Å². The molecule has 0 heterocycles. The Balaban J connectivity index is 0. The molecule has 31 heavy (non-hydrogen) atoms. The van der Waals surface area contributed by atoms with E-state index in [1.54, 1.807) is 0 Å². The Morgan fingerprint density at radius 3 is 1.84 bits per heavy atom. The predicted molar refractivity (Wildman–Crippen MR) is 121 cm³/mol. The van der Waals surface area contributed by atoms with Crippen molar-refractivity contribution in [3.05, 3.63) is 0 Å². The van der Waals surface area contributed by atoms with Gasteiger partial charge in [0.05, 0.1) is 6.61 Å². The standard InChI is InChI=1S/C22H41NO7.Na.H/c1-2-3-4-5-6-7-8-9-10-11-12-13-20(26)30-21(27)15-14-19(23)22(28)29-17-18(25)16-24;;/h18-19,24-25H,2-17,23H2,1H3;;/t18?,19-;;/m0../s1. The van der Waals surface area contributed by atoms with E-state index in [1.807, 2.05) is 0 Å². The van der Waals surface area contributed by atoms with Gasteiger partial charge in [0.2, 0.25) is 0 Å². The van der Waals surface area contributed by atoms with Crippen LogP contribution in [0.4, 0.5) is 0 Å². The molecule has 0 spiro atoms. The zero-order valence-corrected chi connectivity index (χ0v) is 18.5. The summed E-state index contributed by atoms with van der Waals surface area (Å²) >= 11 is 0. The van der Waals surface area contributed by atoms with Gasteiger partial charge in [0.15, 0.2) is 0 Å². The van der Waals surface area contributed by atoms with Crippen molar-refractivity contribution in [2.75, 3.05) is 13.2 Å². The average Bonchev–Trinajstić information content (AvgIpc) is 2.73. The summed E-state index contributed by atoms with van der Waals surface area (Å²) in [6, 6.07) is -1.06. The van der Waals surface area contributed by atoms with Gasteiger partial charge in [-0.25, -0.2) is 0 Å². The van der Waals surface area contributed by atoms with E-state index in [9.17, 15) is 14.4 Å². The van der Waals surface area contributed by atoms with E-state index in [-0.39, 0.29) is 55.4 Å². The third kappa shape index (κ3) is 21.1. The van der Waals surface area contributed by atoms with Crippen molar-refractivity contribution in [1.82, 2.24) is 0 Å². The van der Waals surface area contributed by atoms with Crippen molar-refractivity contribution in [2.45, 2.75) is 109 Å². The molecule has 0 aromatic heterocycles. The quantitative estimate of drug-likeness (QED) is 0.117. The zero-order valence-electron chi connectivity index (χ0n) is 18.5. The first-order valence-corrected chi connectivity index (χ1v) is 11.3. The first-order valence-electron chi connectivity index (χ1n) is 11.3. The first-order chi connectivity index (χ1) is 14.4. The van der Waals surface area contributed by atoms with Crippen molar-refractivity contribution in [1.29, 1.82) is 0 Å². The topological polar surface area (TPSA) is 136 Å². The SMILES string of the molecule is CCCCCCCCCCCCCC(=O)OC(=O)CC[C@H](N)C(=O)OCC(O)CO.[NaH]. The maximum absolute atomic E-state index is 11.7. The number of rotatable bonds is 19. The molecule has 0 aliphatic carbocycles.